The fraction of sp³-hybridized carbons (Fsp3) is 0.167. The van der Waals surface area contributed by atoms with Gasteiger partial charge < -0.3 is 14.2 Å². The quantitative estimate of drug-likeness (QED) is 0.386. The SMILES string of the molecule is CCOc1ccc(NS(=O)(=O)c2cccc(C(=O)NNC(=O)c3ccc(OC)c(OC)c3)c2)cc1. The molecule has 0 aliphatic rings. The Morgan fingerprint density at radius 1 is 0.800 bits per heavy atom. The zero-order valence-electron chi connectivity index (χ0n) is 19.3. The highest BCUT2D eigenvalue weighted by atomic mass is 32.2. The number of methoxy groups -OCH3 is 2. The van der Waals surface area contributed by atoms with Crippen molar-refractivity contribution in [3.8, 4) is 17.2 Å². The Labute approximate surface area is 203 Å². The fourth-order valence-corrected chi connectivity index (χ4v) is 4.14. The first-order valence-corrected chi connectivity index (χ1v) is 11.9. The van der Waals surface area contributed by atoms with Crippen molar-refractivity contribution in [3.05, 3.63) is 77.9 Å². The van der Waals surface area contributed by atoms with Crippen LogP contribution in [-0.2, 0) is 10.0 Å². The lowest BCUT2D eigenvalue weighted by molar-refractivity contribution is 0.0846. The summed E-state index contributed by atoms with van der Waals surface area (Å²) >= 11 is 0. The molecule has 0 bridgehead atoms. The van der Waals surface area contributed by atoms with Crippen molar-refractivity contribution in [2.45, 2.75) is 11.8 Å². The third kappa shape index (κ3) is 6.42. The molecule has 184 valence electrons. The molecule has 0 aliphatic heterocycles. The summed E-state index contributed by atoms with van der Waals surface area (Å²) in [5.74, 6) is 0.121. The first kappa shape index (κ1) is 25.4. The second kappa shape index (κ2) is 11.3. The van der Waals surface area contributed by atoms with Crippen LogP contribution in [0.1, 0.15) is 27.6 Å². The van der Waals surface area contributed by atoms with Crippen LogP contribution in [0, 0.1) is 0 Å². The maximum absolute atomic E-state index is 12.8. The molecule has 3 rings (SSSR count). The van der Waals surface area contributed by atoms with E-state index in [1.807, 2.05) is 6.92 Å². The summed E-state index contributed by atoms with van der Waals surface area (Å²) in [5, 5.41) is 0. The highest BCUT2D eigenvalue weighted by Gasteiger charge is 2.18. The van der Waals surface area contributed by atoms with Crippen LogP contribution in [0.5, 0.6) is 17.2 Å². The molecule has 0 aromatic heterocycles. The number of carbonyl (C=O) groups excluding carboxylic acids is 2. The van der Waals surface area contributed by atoms with Gasteiger partial charge in [-0.2, -0.15) is 0 Å². The maximum Gasteiger partial charge on any atom is 0.269 e. The Balaban J connectivity index is 1.67. The number of carbonyl (C=O) groups is 2. The van der Waals surface area contributed by atoms with Crippen molar-refractivity contribution >= 4 is 27.5 Å². The molecule has 3 N–H and O–H groups in total. The molecule has 0 fully saturated rings. The molecular formula is C24H25N3O7S. The van der Waals surface area contributed by atoms with Crippen LogP contribution in [0.15, 0.2) is 71.6 Å². The number of ether oxygens (including phenoxy) is 3. The van der Waals surface area contributed by atoms with Crippen LogP contribution in [0.3, 0.4) is 0 Å². The van der Waals surface area contributed by atoms with Crippen LogP contribution < -0.4 is 29.8 Å². The molecule has 0 aliphatic carbocycles. The number of benzene rings is 3. The molecule has 0 saturated carbocycles. The van der Waals surface area contributed by atoms with Crippen LogP contribution in [0.2, 0.25) is 0 Å². The van der Waals surface area contributed by atoms with E-state index in [2.05, 4.69) is 15.6 Å². The van der Waals surface area contributed by atoms with E-state index in [0.717, 1.165) is 0 Å². The molecule has 3 aromatic rings. The Morgan fingerprint density at radius 3 is 2.03 bits per heavy atom. The standard InChI is InChI=1S/C24H25N3O7S/c1-4-34-19-11-9-18(10-12-19)27-35(30,31)20-7-5-6-16(14-20)23(28)25-26-24(29)17-8-13-21(32-2)22(15-17)33-3/h5-15,27H,4H2,1-3H3,(H,25,28)(H,26,29). The lowest BCUT2D eigenvalue weighted by Crippen LogP contribution is -2.41. The predicted octanol–water partition coefficient (Wildman–Crippen LogP) is 2.98. The normalized spacial score (nSPS) is 10.7. The molecule has 0 saturated heterocycles. The highest BCUT2D eigenvalue weighted by molar-refractivity contribution is 7.92. The number of hydrogen-bond acceptors (Lipinski definition) is 7. The molecule has 2 amide bonds. The van der Waals surface area contributed by atoms with Crippen molar-refractivity contribution in [2.24, 2.45) is 0 Å². The van der Waals surface area contributed by atoms with E-state index in [1.54, 1.807) is 30.3 Å². The van der Waals surface area contributed by atoms with Gasteiger partial charge in [-0.15, -0.1) is 0 Å². The van der Waals surface area contributed by atoms with E-state index < -0.39 is 21.8 Å². The van der Waals surface area contributed by atoms with Gasteiger partial charge in [0.25, 0.3) is 21.8 Å². The van der Waals surface area contributed by atoms with Gasteiger partial charge in [0.05, 0.1) is 25.7 Å². The minimum Gasteiger partial charge on any atom is -0.494 e. The average molecular weight is 500 g/mol. The summed E-state index contributed by atoms with van der Waals surface area (Å²) in [6.45, 7) is 2.34. The van der Waals surface area contributed by atoms with Crippen LogP contribution >= 0.6 is 0 Å². The molecule has 35 heavy (non-hydrogen) atoms. The van der Waals surface area contributed by atoms with Gasteiger partial charge in [-0.3, -0.25) is 25.2 Å². The van der Waals surface area contributed by atoms with E-state index in [0.29, 0.717) is 29.5 Å². The van der Waals surface area contributed by atoms with Gasteiger partial charge in [0.1, 0.15) is 5.75 Å². The van der Waals surface area contributed by atoms with Crippen molar-refractivity contribution in [1.29, 1.82) is 0 Å². The highest BCUT2D eigenvalue weighted by Crippen LogP contribution is 2.27. The molecule has 0 spiro atoms. The third-order valence-corrected chi connectivity index (χ3v) is 6.14. The summed E-state index contributed by atoms with van der Waals surface area (Å²) in [6, 6.07) is 16.4. The first-order chi connectivity index (χ1) is 16.8. The van der Waals surface area contributed by atoms with E-state index >= 15 is 0 Å². The minimum absolute atomic E-state index is 0.0344. The number of nitrogens with one attached hydrogen (secondary N) is 3. The van der Waals surface area contributed by atoms with Gasteiger partial charge in [0, 0.05) is 16.8 Å². The lowest BCUT2D eigenvalue weighted by atomic mass is 10.2. The Hall–Kier alpha value is -4.25. The van der Waals surface area contributed by atoms with Crippen molar-refractivity contribution in [3.63, 3.8) is 0 Å². The smallest absolute Gasteiger partial charge is 0.269 e. The lowest BCUT2D eigenvalue weighted by Gasteiger charge is -2.12. The third-order valence-electron chi connectivity index (χ3n) is 4.76. The van der Waals surface area contributed by atoms with E-state index in [-0.39, 0.29) is 16.0 Å². The molecule has 0 radical (unpaired) electrons. The average Bonchev–Trinajstić information content (AvgIpc) is 2.87. The number of anilines is 1. The fourth-order valence-electron chi connectivity index (χ4n) is 3.04. The molecule has 11 heteroatoms. The largest absolute Gasteiger partial charge is 0.494 e. The zero-order chi connectivity index (χ0) is 25.4. The molecule has 3 aromatic carbocycles. The Kier molecular flexibility index (Phi) is 8.16. The zero-order valence-corrected chi connectivity index (χ0v) is 20.1. The Morgan fingerprint density at radius 2 is 1.43 bits per heavy atom. The summed E-state index contributed by atoms with van der Waals surface area (Å²) < 4.78 is 43.7. The number of hydrazine groups is 1. The first-order valence-electron chi connectivity index (χ1n) is 10.5. The minimum atomic E-state index is -3.97. The van der Waals surface area contributed by atoms with E-state index in [4.69, 9.17) is 14.2 Å². The van der Waals surface area contributed by atoms with Gasteiger partial charge in [-0.05, 0) is 67.6 Å². The summed E-state index contributed by atoms with van der Waals surface area (Å²) in [6.07, 6.45) is 0. The van der Waals surface area contributed by atoms with Crippen LogP contribution in [0.4, 0.5) is 5.69 Å². The van der Waals surface area contributed by atoms with Gasteiger partial charge in [0.2, 0.25) is 0 Å². The monoisotopic (exact) mass is 499 g/mol. The van der Waals surface area contributed by atoms with Gasteiger partial charge in [-0.1, -0.05) is 6.07 Å². The summed E-state index contributed by atoms with van der Waals surface area (Å²) in [5.41, 5.74) is 5.15. The predicted molar refractivity (Wildman–Crippen MR) is 129 cm³/mol. The molecule has 0 heterocycles. The molecule has 0 unspecified atom stereocenters. The second-order valence-corrected chi connectivity index (χ2v) is 8.75. The van der Waals surface area contributed by atoms with Gasteiger partial charge in [0.15, 0.2) is 11.5 Å². The number of hydrogen-bond donors (Lipinski definition) is 3. The molecular weight excluding hydrogens is 474 g/mol. The van der Waals surface area contributed by atoms with Crippen molar-refractivity contribution < 1.29 is 32.2 Å². The van der Waals surface area contributed by atoms with Crippen molar-refractivity contribution in [2.75, 3.05) is 25.5 Å². The van der Waals surface area contributed by atoms with Crippen LogP contribution in [-0.4, -0.2) is 41.1 Å². The van der Waals surface area contributed by atoms with Gasteiger partial charge in [-0.25, -0.2) is 8.42 Å². The van der Waals surface area contributed by atoms with Crippen molar-refractivity contribution in [1.82, 2.24) is 10.9 Å². The maximum atomic E-state index is 12.8. The van der Waals surface area contributed by atoms with Gasteiger partial charge >= 0.3 is 0 Å². The number of sulfonamides is 1. The second-order valence-electron chi connectivity index (χ2n) is 7.07. The van der Waals surface area contributed by atoms with E-state index in [9.17, 15) is 18.0 Å². The topological polar surface area (TPSA) is 132 Å². The number of amides is 2. The molecule has 10 nitrogen and oxygen atoms in total. The summed E-state index contributed by atoms with van der Waals surface area (Å²) in [4.78, 5) is 24.8. The Bertz CT molecular complexity index is 1310. The van der Waals surface area contributed by atoms with Crippen LogP contribution in [0.25, 0.3) is 0 Å². The summed E-state index contributed by atoms with van der Waals surface area (Å²) in [7, 11) is -1.06. The number of rotatable bonds is 9. The van der Waals surface area contributed by atoms with E-state index in [1.165, 1.54) is 50.6 Å². The molecule has 0 atom stereocenters.